The maximum absolute atomic E-state index is 13.3. The summed E-state index contributed by atoms with van der Waals surface area (Å²) in [4.78, 5) is 24.7. The second-order valence-corrected chi connectivity index (χ2v) is 11.1. The van der Waals surface area contributed by atoms with E-state index >= 15 is 0 Å². The van der Waals surface area contributed by atoms with Crippen LogP contribution in [-0.4, -0.2) is 41.5 Å². The van der Waals surface area contributed by atoms with Crippen molar-refractivity contribution in [1.29, 1.82) is 0 Å². The van der Waals surface area contributed by atoms with Crippen LogP contribution in [-0.2, 0) is 14.8 Å². The fourth-order valence-corrected chi connectivity index (χ4v) is 5.82. The third-order valence-corrected chi connectivity index (χ3v) is 8.44. The van der Waals surface area contributed by atoms with E-state index in [-0.39, 0.29) is 16.7 Å². The quantitative estimate of drug-likeness (QED) is 0.327. The van der Waals surface area contributed by atoms with Crippen molar-refractivity contribution in [3.05, 3.63) is 71.6 Å². The molecule has 2 N–H and O–H groups in total. The van der Waals surface area contributed by atoms with Crippen LogP contribution in [0.3, 0.4) is 0 Å². The van der Waals surface area contributed by atoms with E-state index in [2.05, 4.69) is 10.6 Å². The Morgan fingerprint density at radius 2 is 1.57 bits per heavy atom. The Bertz CT molecular complexity index is 1600. The van der Waals surface area contributed by atoms with Crippen molar-refractivity contribution in [2.45, 2.75) is 11.8 Å². The van der Waals surface area contributed by atoms with Gasteiger partial charge in [-0.2, -0.15) is 0 Å². The van der Waals surface area contributed by atoms with Gasteiger partial charge in [-0.25, -0.2) is 8.42 Å². The van der Waals surface area contributed by atoms with Gasteiger partial charge in [0, 0.05) is 36.1 Å². The molecule has 0 atom stereocenters. The molecule has 0 fully saturated rings. The number of ether oxygens (including phenoxy) is 2. The van der Waals surface area contributed by atoms with Crippen LogP contribution in [0.1, 0.15) is 16.6 Å². The van der Waals surface area contributed by atoms with Gasteiger partial charge in [-0.05, 0) is 60.0 Å². The topological polar surface area (TPSA) is 114 Å². The van der Waals surface area contributed by atoms with Crippen LogP contribution < -0.4 is 24.4 Å². The van der Waals surface area contributed by atoms with Gasteiger partial charge in [-0.3, -0.25) is 13.9 Å². The van der Waals surface area contributed by atoms with Crippen molar-refractivity contribution < 1.29 is 27.5 Å². The normalized spacial score (nSPS) is 11.1. The Morgan fingerprint density at radius 3 is 2.24 bits per heavy atom. The SMILES string of the molecule is COc1ccc(S(=O)(=O)N(C)c2ccc3sc(C(=O)Nc4cccc(NC(C)=O)c4)cc3c2)cc1OC. The molecule has 0 saturated carbocycles. The lowest BCUT2D eigenvalue weighted by Crippen LogP contribution is -2.26. The number of fused-ring (bicyclic) bond motifs is 1. The molecule has 4 rings (SSSR count). The first-order chi connectivity index (χ1) is 17.6. The summed E-state index contributed by atoms with van der Waals surface area (Å²) < 4.78 is 39.0. The van der Waals surface area contributed by atoms with Gasteiger partial charge in [0.2, 0.25) is 5.91 Å². The van der Waals surface area contributed by atoms with Gasteiger partial charge < -0.3 is 20.1 Å². The summed E-state index contributed by atoms with van der Waals surface area (Å²) in [5, 5.41) is 6.24. The van der Waals surface area contributed by atoms with E-state index in [1.165, 1.54) is 56.0 Å². The number of carbonyl (C=O) groups is 2. The van der Waals surface area contributed by atoms with Gasteiger partial charge in [-0.15, -0.1) is 11.3 Å². The number of thiophene rings is 1. The lowest BCUT2D eigenvalue weighted by Gasteiger charge is -2.20. The number of sulfonamides is 1. The Kier molecular flexibility index (Phi) is 7.37. The number of nitrogens with zero attached hydrogens (tertiary/aromatic N) is 1. The summed E-state index contributed by atoms with van der Waals surface area (Å²) in [5.41, 5.74) is 1.55. The van der Waals surface area contributed by atoms with E-state index in [0.717, 1.165) is 10.1 Å². The lowest BCUT2D eigenvalue weighted by molar-refractivity contribution is -0.114. The molecule has 11 heteroatoms. The van der Waals surface area contributed by atoms with Gasteiger partial charge in [0.1, 0.15) is 0 Å². The number of benzene rings is 3. The smallest absolute Gasteiger partial charge is 0.265 e. The fourth-order valence-electron chi connectivity index (χ4n) is 3.68. The highest BCUT2D eigenvalue weighted by Crippen LogP contribution is 2.34. The standard InChI is InChI=1S/C26H25N3O6S2/c1-16(30)27-18-6-5-7-19(14-18)28-26(31)25-13-17-12-20(8-11-24(17)36-25)29(2)37(32,33)21-9-10-22(34-3)23(15-21)35-4/h5-15H,1-4H3,(H,27,30)(H,28,31). The zero-order valence-electron chi connectivity index (χ0n) is 20.6. The third-order valence-electron chi connectivity index (χ3n) is 5.54. The van der Waals surface area contributed by atoms with Crippen LogP contribution in [0.25, 0.3) is 10.1 Å². The summed E-state index contributed by atoms with van der Waals surface area (Å²) in [7, 11) is 0.496. The number of carbonyl (C=O) groups excluding carboxylic acids is 2. The Labute approximate surface area is 218 Å². The van der Waals surface area contributed by atoms with Crippen molar-refractivity contribution in [3.8, 4) is 11.5 Å². The van der Waals surface area contributed by atoms with Gasteiger partial charge in [-0.1, -0.05) is 6.07 Å². The minimum atomic E-state index is -3.89. The molecule has 192 valence electrons. The lowest BCUT2D eigenvalue weighted by atomic mass is 10.2. The van der Waals surface area contributed by atoms with E-state index in [0.29, 0.717) is 33.4 Å². The number of hydrogen-bond acceptors (Lipinski definition) is 7. The molecule has 0 saturated heterocycles. The Morgan fingerprint density at radius 1 is 0.865 bits per heavy atom. The van der Waals surface area contributed by atoms with Gasteiger partial charge in [0.15, 0.2) is 11.5 Å². The zero-order chi connectivity index (χ0) is 26.7. The first kappa shape index (κ1) is 26.0. The molecule has 4 aromatic rings. The molecule has 9 nitrogen and oxygen atoms in total. The van der Waals surface area contributed by atoms with Crippen LogP contribution in [0, 0.1) is 0 Å². The molecule has 2 amide bonds. The molecule has 1 aromatic heterocycles. The summed E-state index contributed by atoms with van der Waals surface area (Å²) in [6, 6.07) is 18.2. The van der Waals surface area contributed by atoms with Crippen molar-refractivity contribution in [3.63, 3.8) is 0 Å². The minimum Gasteiger partial charge on any atom is -0.493 e. The fraction of sp³-hybridized carbons (Fsp3) is 0.154. The molecule has 0 unspecified atom stereocenters. The molecule has 0 spiro atoms. The van der Waals surface area contributed by atoms with Crippen molar-refractivity contribution in [2.75, 3.05) is 36.2 Å². The van der Waals surface area contributed by atoms with Crippen LogP contribution >= 0.6 is 11.3 Å². The number of nitrogens with one attached hydrogen (secondary N) is 2. The van der Waals surface area contributed by atoms with Crippen LogP contribution in [0.15, 0.2) is 71.6 Å². The molecule has 0 radical (unpaired) electrons. The summed E-state index contributed by atoms with van der Waals surface area (Å²) in [6.45, 7) is 1.41. The first-order valence-electron chi connectivity index (χ1n) is 11.1. The Hall–Kier alpha value is -4.09. The number of hydrogen-bond donors (Lipinski definition) is 2. The predicted octanol–water partition coefficient (Wildman–Crippen LogP) is 4.95. The molecular weight excluding hydrogens is 514 g/mol. The summed E-state index contributed by atoms with van der Waals surface area (Å²) in [5.74, 6) is 0.218. The van der Waals surface area contributed by atoms with E-state index in [1.807, 2.05) is 0 Å². The van der Waals surface area contributed by atoms with Crippen molar-refractivity contribution >= 4 is 60.3 Å². The van der Waals surface area contributed by atoms with Gasteiger partial charge >= 0.3 is 0 Å². The molecule has 0 bridgehead atoms. The maximum atomic E-state index is 13.3. The number of amides is 2. The first-order valence-corrected chi connectivity index (χ1v) is 13.3. The second kappa shape index (κ2) is 10.5. The highest BCUT2D eigenvalue weighted by Gasteiger charge is 2.24. The number of anilines is 3. The molecule has 0 aliphatic rings. The largest absolute Gasteiger partial charge is 0.493 e. The summed E-state index contributed by atoms with van der Waals surface area (Å²) >= 11 is 1.29. The molecule has 1 heterocycles. The van der Waals surface area contributed by atoms with Crippen molar-refractivity contribution in [2.24, 2.45) is 0 Å². The highest BCUT2D eigenvalue weighted by molar-refractivity contribution is 7.92. The number of methoxy groups -OCH3 is 2. The van der Waals surface area contributed by atoms with E-state index in [4.69, 9.17) is 9.47 Å². The van der Waals surface area contributed by atoms with E-state index in [1.54, 1.807) is 54.6 Å². The molecule has 0 aliphatic heterocycles. The van der Waals surface area contributed by atoms with Crippen LogP contribution in [0.2, 0.25) is 0 Å². The van der Waals surface area contributed by atoms with E-state index in [9.17, 15) is 18.0 Å². The second-order valence-electron chi connectivity index (χ2n) is 8.04. The number of rotatable bonds is 8. The zero-order valence-corrected chi connectivity index (χ0v) is 22.2. The molecule has 37 heavy (non-hydrogen) atoms. The molecular formula is C26H25N3O6S2. The van der Waals surface area contributed by atoms with Gasteiger partial charge in [0.25, 0.3) is 15.9 Å². The molecule has 3 aromatic carbocycles. The highest BCUT2D eigenvalue weighted by atomic mass is 32.2. The minimum absolute atomic E-state index is 0.0552. The van der Waals surface area contributed by atoms with E-state index < -0.39 is 10.0 Å². The molecule has 0 aliphatic carbocycles. The average molecular weight is 540 g/mol. The monoisotopic (exact) mass is 539 g/mol. The summed E-state index contributed by atoms with van der Waals surface area (Å²) in [6.07, 6.45) is 0. The van der Waals surface area contributed by atoms with Crippen LogP contribution in [0.4, 0.5) is 17.1 Å². The van der Waals surface area contributed by atoms with Crippen LogP contribution in [0.5, 0.6) is 11.5 Å². The predicted molar refractivity (Wildman–Crippen MR) is 146 cm³/mol. The maximum Gasteiger partial charge on any atom is 0.265 e. The average Bonchev–Trinajstić information content (AvgIpc) is 3.31. The van der Waals surface area contributed by atoms with Crippen molar-refractivity contribution in [1.82, 2.24) is 0 Å². The third kappa shape index (κ3) is 5.52. The van der Waals surface area contributed by atoms with Gasteiger partial charge in [0.05, 0.1) is 29.7 Å². The Balaban J connectivity index is 1.58.